The summed E-state index contributed by atoms with van der Waals surface area (Å²) in [5.41, 5.74) is 8.50. The third-order valence-electron chi connectivity index (χ3n) is 2.86. The van der Waals surface area contributed by atoms with Gasteiger partial charge in [0.1, 0.15) is 0 Å². The smallest absolute Gasteiger partial charge is 0.319 e. The second kappa shape index (κ2) is 3.13. The molecule has 1 aliphatic rings. The Hall–Kier alpha value is -2.23. The van der Waals surface area contributed by atoms with Crippen LogP contribution in [0, 0.1) is 0 Å². The molecule has 4 heteroatoms. The van der Waals surface area contributed by atoms with E-state index in [9.17, 15) is 4.79 Å². The van der Waals surface area contributed by atoms with E-state index in [4.69, 9.17) is 5.73 Å². The van der Waals surface area contributed by atoms with Crippen molar-refractivity contribution < 1.29 is 4.79 Å². The summed E-state index contributed by atoms with van der Waals surface area (Å²) in [4.78, 5) is 15.8. The first kappa shape index (κ1) is 9.03. The fourth-order valence-corrected chi connectivity index (χ4v) is 2.07. The van der Waals surface area contributed by atoms with Crippen molar-refractivity contribution in [1.82, 2.24) is 9.88 Å². The molecule has 4 nitrogen and oxygen atoms in total. The van der Waals surface area contributed by atoms with Gasteiger partial charge >= 0.3 is 6.03 Å². The minimum atomic E-state index is -0.430. The molecule has 3 rings (SSSR count). The Balaban J connectivity index is 2.16. The largest absolute Gasteiger partial charge is 0.356 e. The van der Waals surface area contributed by atoms with Crippen LogP contribution >= 0.6 is 0 Å². The van der Waals surface area contributed by atoms with Gasteiger partial charge < -0.3 is 10.7 Å². The Morgan fingerprint density at radius 3 is 3.00 bits per heavy atom. The van der Waals surface area contributed by atoms with Crippen LogP contribution in [-0.2, 0) is 6.54 Å². The van der Waals surface area contributed by atoms with Crippen molar-refractivity contribution in [2.45, 2.75) is 6.54 Å². The number of carbonyl (C=O) groups is 1. The zero-order valence-electron chi connectivity index (χ0n) is 8.60. The van der Waals surface area contributed by atoms with E-state index >= 15 is 0 Å². The molecular weight excluding hydrogens is 202 g/mol. The number of H-pyrrole nitrogens is 1. The molecule has 0 bridgehead atoms. The van der Waals surface area contributed by atoms with Crippen LogP contribution in [0.1, 0.15) is 11.3 Å². The number of fused-ring (bicyclic) bond motifs is 3. The van der Waals surface area contributed by atoms with E-state index < -0.39 is 6.03 Å². The maximum absolute atomic E-state index is 11.1. The zero-order valence-corrected chi connectivity index (χ0v) is 8.60. The van der Waals surface area contributed by atoms with Gasteiger partial charge in [0.25, 0.3) is 0 Å². The molecule has 0 saturated carbocycles. The van der Waals surface area contributed by atoms with E-state index in [2.05, 4.69) is 11.1 Å². The number of nitrogens with zero attached hydrogens (tertiary/aromatic N) is 1. The molecule has 0 unspecified atom stereocenters. The van der Waals surface area contributed by atoms with Gasteiger partial charge in [-0.05, 0) is 12.1 Å². The van der Waals surface area contributed by atoms with Crippen molar-refractivity contribution in [3.8, 4) is 0 Å². The summed E-state index contributed by atoms with van der Waals surface area (Å²) in [6.07, 6.45) is 3.65. The predicted octanol–water partition coefficient (Wildman–Crippen LogP) is 2.03. The molecule has 2 heterocycles. The van der Waals surface area contributed by atoms with Crippen molar-refractivity contribution in [2.75, 3.05) is 0 Å². The van der Waals surface area contributed by atoms with Crippen molar-refractivity contribution in [1.29, 1.82) is 0 Å². The number of urea groups is 1. The standard InChI is InChI=1S/C12H11N3O/c13-12(16)15-6-5-9-8-3-1-2-4-10(8)14-11(9)7-15/h1-6,14H,7H2,(H2,13,16). The van der Waals surface area contributed by atoms with Gasteiger partial charge in [0, 0.05) is 28.4 Å². The molecule has 1 aromatic heterocycles. The molecule has 0 atom stereocenters. The Bertz CT molecular complexity index is 597. The van der Waals surface area contributed by atoms with Crippen LogP contribution in [0.3, 0.4) is 0 Å². The third-order valence-corrected chi connectivity index (χ3v) is 2.86. The molecule has 0 radical (unpaired) electrons. The first-order valence-corrected chi connectivity index (χ1v) is 5.09. The predicted molar refractivity (Wildman–Crippen MR) is 62.5 cm³/mol. The second-order valence-corrected chi connectivity index (χ2v) is 3.84. The number of para-hydroxylation sites is 1. The molecule has 2 amide bonds. The van der Waals surface area contributed by atoms with E-state index in [0.717, 1.165) is 16.8 Å². The lowest BCUT2D eigenvalue weighted by molar-refractivity contribution is 0.222. The molecule has 1 aliphatic heterocycles. The lowest BCUT2D eigenvalue weighted by Gasteiger charge is -2.19. The topological polar surface area (TPSA) is 62.1 Å². The Morgan fingerprint density at radius 2 is 2.19 bits per heavy atom. The summed E-state index contributed by atoms with van der Waals surface area (Å²) in [6, 6.07) is 7.65. The van der Waals surface area contributed by atoms with Crippen molar-refractivity contribution in [3.05, 3.63) is 41.7 Å². The fourth-order valence-electron chi connectivity index (χ4n) is 2.07. The van der Waals surface area contributed by atoms with Crippen molar-refractivity contribution >= 4 is 23.0 Å². The summed E-state index contributed by atoms with van der Waals surface area (Å²) < 4.78 is 0. The highest BCUT2D eigenvalue weighted by Crippen LogP contribution is 2.27. The molecule has 0 saturated heterocycles. The van der Waals surface area contributed by atoms with Crippen molar-refractivity contribution in [3.63, 3.8) is 0 Å². The molecule has 0 spiro atoms. The first-order valence-electron chi connectivity index (χ1n) is 5.09. The van der Waals surface area contributed by atoms with E-state index in [1.54, 1.807) is 6.20 Å². The van der Waals surface area contributed by atoms with Crippen LogP contribution < -0.4 is 5.73 Å². The Kier molecular flexibility index (Phi) is 1.77. The molecule has 0 aliphatic carbocycles. The first-order chi connectivity index (χ1) is 7.75. The number of aromatic nitrogens is 1. The van der Waals surface area contributed by atoms with E-state index in [1.165, 1.54) is 10.3 Å². The van der Waals surface area contributed by atoms with Crippen LogP contribution in [0.4, 0.5) is 4.79 Å². The number of nitrogens with two attached hydrogens (primary N) is 1. The number of benzene rings is 1. The molecule has 80 valence electrons. The molecular formula is C12H11N3O. The van der Waals surface area contributed by atoms with Crippen LogP contribution in [0.25, 0.3) is 17.0 Å². The van der Waals surface area contributed by atoms with Gasteiger partial charge in [-0.2, -0.15) is 0 Å². The monoisotopic (exact) mass is 213 g/mol. The average Bonchev–Trinajstić information content (AvgIpc) is 2.66. The summed E-state index contributed by atoms with van der Waals surface area (Å²) >= 11 is 0. The summed E-state index contributed by atoms with van der Waals surface area (Å²) in [5, 5.41) is 1.18. The summed E-state index contributed by atoms with van der Waals surface area (Å²) in [7, 11) is 0. The van der Waals surface area contributed by atoms with Gasteiger partial charge in [-0.1, -0.05) is 18.2 Å². The van der Waals surface area contributed by atoms with Crippen molar-refractivity contribution in [2.24, 2.45) is 5.73 Å². The maximum atomic E-state index is 11.1. The van der Waals surface area contributed by atoms with Gasteiger partial charge in [-0.25, -0.2) is 4.79 Å². The Labute approximate surface area is 92.3 Å². The number of hydrogen-bond acceptors (Lipinski definition) is 1. The highest BCUT2D eigenvalue weighted by molar-refractivity contribution is 5.91. The quantitative estimate of drug-likeness (QED) is 0.691. The number of rotatable bonds is 0. The normalized spacial score (nSPS) is 14.1. The zero-order chi connectivity index (χ0) is 11.1. The molecule has 16 heavy (non-hydrogen) atoms. The van der Waals surface area contributed by atoms with Crippen LogP contribution in [-0.4, -0.2) is 15.9 Å². The SMILES string of the molecule is NC(=O)N1C=Cc2c([nH]c3ccccc23)C1. The average molecular weight is 213 g/mol. The number of aromatic amines is 1. The number of primary amides is 1. The van der Waals surface area contributed by atoms with Crippen LogP contribution in [0.15, 0.2) is 30.5 Å². The lowest BCUT2D eigenvalue weighted by Crippen LogP contribution is -2.32. The lowest BCUT2D eigenvalue weighted by atomic mass is 10.1. The molecule has 2 aromatic rings. The highest BCUT2D eigenvalue weighted by atomic mass is 16.2. The molecule has 1 aromatic carbocycles. The maximum Gasteiger partial charge on any atom is 0.319 e. The fraction of sp³-hybridized carbons (Fsp3) is 0.0833. The second-order valence-electron chi connectivity index (χ2n) is 3.84. The third kappa shape index (κ3) is 1.20. The van der Waals surface area contributed by atoms with Gasteiger partial charge in [0.2, 0.25) is 0 Å². The minimum Gasteiger partial charge on any atom is -0.356 e. The van der Waals surface area contributed by atoms with Gasteiger partial charge in [0.05, 0.1) is 6.54 Å². The Morgan fingerprint density at radius 1 is 1.38 bits per heavy atom. The van der Waals surface area contributed by atoms with Gasteiger partial charge in [-0.3, -0.25) is 4.90 Å². The van der Waals surface area contributed by atoms with E-state index in [-0.39, 0.29) is 0 Å². The van der Waals surface area contributed by atoms with Crippen LogP contribution in [0.2, 0.25) is 0 Å². The minimum absolute atomic E-state index is 0.430. The molecule has 3 N–H and O–H groups in total. The summed E-state index contributed by atoms with van der Waals surface area (Å²) in [5.74, 6) is 0. The van der Waals surface area contributed by atoms with Crippen LogP contribution in [0.5, 0.6) is 0 Å². The number of amides is 2. The van der Waals surface area contributed by atoms with E-state index in [0.29, 0.717) is 6.54 Å². The van der Waals surface area contributed by atoms with Gasteiger partial charge in [0.15, 0.2) is 0 Å². The number of hydrogen-bond donors (Lipinski definition) is 2. The van der Waals surface area contributed by atoms with Gasteiger partial charge in [-0.15, -0.1) is 0 Å². The highest BCUT2D eigenvalue weighted by Gasteiger charge is 2.17. The number of carbonyl (C=O) groups excluding carboxylic acids is 1. The van der Waals surface area contributed by atoms with E-state index in [1.807, 2.05) is 24.3 Å². The number of nitrogens with one attached hydrogen (secondary N) is 1. The molecule has 0 fully saturated rings. The summed E-state index contributed by atoms with van der Waals surface area (Å²) in [6.45, 7) is 0.510.